The van der Waals surface area contributed by atoms with E-state index in [0.717, 1.165) is 27.1 Å². The zero-order chi connectivity index (χ0) is 24.0. The van der Waals surface area contributed by atoms with Crippen LogP contribution in [0.15, 0.2) is 76.4 Å². The van der Waals surface area contributed by atoms with Gasteiger partial charge in [-0.05, 0) is 55.0 Å². The second kappa shape index (κ2) is 8.30. The topological polar surface area (TPSA) is 97.7 Å². The molecule has 1 aromatic heterocycles. The summed E-state index contributed by atoms with van der Waals surface area (Å²) in [6.07, 6.45) is -1.07. The van der Waals surface area contributed by atoms with Gasteiger partial charge in [0, 0.05) is 12.7 Å². The Balaban J connectivity index is 1.47. The zero-order valence-electron chi connectivity index (χ0n) is 18.4. The number of ether oxygens (including phenoxy) is 1. The van der Waals surface area contributed by atoms with E-state index in [1.807, 2.05) is 6.92 Å². The summed E-state index contributed by atoms with van der Waals surface area (Å²) in [5.74, 6) is -0.171. The Labute approximate surface area is 200 Å². The number of aryl methyl sites for hydroxylation is 2. The molecule has 0 radical (unpaired) electrons. The van der Waals surface area contributed by atoms with Gasteiger partial charge in [-0.3, -0.25) is 13.9 Å². The molecule has 8 nitrogen and oxygen atoms in total. The fourth-order valence-corrected chi connectivity index (χ4v) is 6.29. The molecule has 0 saturated heterocycles. The molecule has 0 spiro atoms. The highest BCUT2D eigenvalue weighted by Crippen LogP contribution is 2.38. The molecule has 1 atom stereocenters. The highest BCUT2D eigenvalue weighted by molar-refractivity contribution is 7.92. The van der Waals surface area contributed by atoms with Crippen molar-refractivity contribution >= 4 is 48.9 Å². The van der Waals surface area contributed by atoms with E-state index in [2.05, 4.69) is 5.32 Å². The van der Waals surface area contributed by atoms with Crippen molar-refractivity contribution in [3.8, 4) is 5.75 Å². The Kier molecular flexibility index (Phi) is 5.41. The lowest BCUT2D eigenvalue weighted by Gasteiger charge is -2.35. The van der Waals surface area contributed by atoms with Gasteiger partial charge in [0.15, 0.2) is 6.10 Å². The summed E-state index contributed by atoms with van der Waals surface area (Å²) in [5, 5.41) is 2.80. The summed E-state index contributed by atoms with van der Waals surface area (Å²) in [6, 6.07) is 18.5. The predicted molar refractivity (Wildman–Crippen MR) is 132 cm³/mol. The van der Waals surface area contributed by atoms with Crippen LogP contribution in [0.5, 0.6) is 5.75 Å². The molecule has 174 valence electrons. The summed E-state index contributed by atoms with van der Waals surface area (Å²) in [5.41, 5.74) is 2.53. The van der Waals surface area contributed by atoms with Crippen molar-refractivity contribution in [3.63, 3.8) is 0 Å². The molecule has 0 aliphatic carbocycles. The second-order valence-corrected chi connectivity index (χ2v) is 10.9. The molecule has 34 heavy (non-hydrogen) atoms. The molecule has 1 aliphatic rings. The van der Waals surface area contributed by atoms with Gasteiger partial charge in [0.2, 0.25) is 0 Å². The average molecular weight is 496 g/mol. The molecule has 0 unspecified atom stereocenters. The SMILES string of the molecule is Cc1ccc2c(c1)N(S(=O)(=O)c1ccccc1)C[C@@H](C(=O)Nc1ccc3c(c1)sc(=O)n3C)O2. The Bertz CT molecular complexity index is 1580. The number of anilines is 2. The van der Waals surface area contributed by atoms with Gasteiger partial charge in [-0.1, -0.05) is 35.6 Å². The second-order valence-electron chi connectivity index (χ2n) is 8.03. The predicted octanol–water partition coefficient (Wildman–Crippen LogP) is 3.50. The van der Waals surface area contributed by atoms with Crippen LogP contribution in [-0.2, 0) is 21.9 Å². The van der Waals surface area contributed by atoms with Crippen LogP contribution in [0.2, 0.25) is 0 Å². The quantitative estimate of drug-likeness (QED) is 0.467. The molecular formula is C24H21N3O5S2. The number of nitrogens with one attached hydrogen (secondary N) is 1. The van der Waals surface area contributed by atoms with Crippen LogP contribution in [0.1, 0.15) is 5.56 Å². The van der Waals surface area contributed by atoms with Crippen LogP contribution in [0.4, 0.5) is 11.4 Å². The first kappa shape index (κ1) is 22.2. The number of sulfonamides is 1. The molecular weight excluding hydrogens is 474 g/mol. The van der Waals surface area contributed by atoms with E-state index in [9.17, 15) is 18.0 Å². The minimum atomic E-state index is -3.92. The number of hydrogen-bond donors (Lipinski definition) is 1. The summed E-state index contributed by atoms with van der Waals surface area (Å²) in [7, 11) is -2.23. The van der Waals surface area contributed by atoms with Gasteiger partial charge in [0.1, 0.15) is 5.75 Å². The van der Waals surface area contributed by atoms with E-state index in [0.29, 0.717) is 17.1 Å². The molecule has 5 rings (SSSR count). The van der Waals surface area contributed by atoms with Crippen LogP contribution < -0.4 is 19.2 Å². The Morgan fingerprint density at radius 3 is 2.62 bits per heavy atom. The molecule has 0 bridgehead atoms. The third-order valence-corrected chi connectivity index (χ3v) is 8.46. The molecule has 0 saturated carbocycles. The van der Waals surface area contributed by atoms with Gasteiger partial charge >= 0.3 is 4.87 Å². The summed E-state index contributed by atoms with van der Waals surface area (Å²) < 4.78 is 36.4. The van der Waals surface area contributed by atoms with Crippen LogP contribution >= 0.6 is 11.3 Å². The van der Waals surface area contributed by atoms with E-state index in [1.165, 1.54) is 16.4 Å². The zero-order valence-corrected chi connectivity index (χ0v) is 20.0. The van der Waals surface area contributed by atoms with Crippen molar-refractivity contribution in [1.29, 1.82) is 0 Å². The molecule has 3 aromatic carbocycles. The van der Waals surface area contributed by atoms with Crippen molar-refractivity contribution in [3.05, 3.63) is 82.0 Å². The highest BCUT2D eigenvalue weighted by atomic mass is 32.2. The lowest BCUT2D eigenvalue weighted by molar-refractivity contribution is -0.122. The van der Waals surface area contributed by atoms with Gasteiger partial charge in [0.25, 0.3) is 15.9 Å². The molecule has 1 aliphatic heterocycles. The maximum absolute atomic E-state index is 13.5. The van der Waals surface area contributed by atoms with Crippen LogP contribution in [0.3, 0.4) is 0 Å². The van der Waals surface area contributed by atoms with E-state index in [-0.39, 0.29) is 16.3 Å². The number of nitrogens with zero attached hydrogens (tertiary/aromatic N) is 2. The maximum atomic E-state index is 13.5. The number of carbonyl (C=O) groups is 1. The number of thiazole rings is 1. The van der Waals surface area contributed by atoms with Gasteiger partial charge in [-0.15, -0.1) is 0 Å². The van der Waals surface area contributed by atoms with Crippen LogP contribution in [-0.4, -0.2) is 31.5 Å². The molecule has 1 amide bonds. The summed E-state index contributed by atoms with van der Waals surface area (Å²) >= 11 is 1.09. The highest BCUT2D eigenvalue weighted by Gasteiger charge is 2.37. The minimum absolute atomic E-state index is 0.0947. The molecule has 2 heterocycles. The number of hydrogen-bond acceptors (Lipinski definition) is 6. The smallest absolute Gasteiger partial charge is 0.307 e. The average Bonchev–Trinajstić information content (AvgIpc) is 3.11. The van der Waals surface area contributed by atoms with Gasteiger partial charge in [0.05, 0.1) is 27.3 Å². The summed E-state index contributed by atoms with van der Waals surface area (Å²) in [4.78, 5) is 25.1. The fourth-order valence-electron chi connectivity index (χ4n) is 3.88. The van der Waals surface area contributed by atoms with E-state index < -0.39 is 22.0 Å². The van der Waals surface area contributed by atoms with E-state index in [1.54, 1.807) is 66.2 Å². The number of amides is 1. The number of benzene rings is 3. The fraction of sp³-hybridized carbons (Fsp3) is 0.167. The van der Waals surface area contributed by atoms with Gasteiger partial charge in [-0.25, -0.2) is 8.42 Å². The molecule has 1 N–H and O–H groups in total. The third-order valence-electron chi connectivity index (χ3n) is 5.67. The largest absolute Gasteiger partial charge is 0.476 e. The minimum Gasteiger partial charge on any atom is -0.476 e. The van der Waals surface area contributed by atoms with Crippen molar-refractivity contribution in [2.75, 3.05) is 16.2 Å². The first-order chi connectivity index (χ1) is 16.2. The molecule has 10 heteroatoms. The van der Waals surface area contributed by atoms with Gasteiger partial charge < -0.3 is 14.6 Å². The molecule has 0 fully saturated rings. The number of fused-ring (bicyclic) bond motifs is 2. The Morgan fingerprint density at radius 2 is 1.85 bits per heavy atom. The standard InChI is InChI=1S/C24H21N3O5S2/c1-15-8-11-20-19(12-15)27(34(30,31)17-6-4-3-5-7-17)14-21(32-20)23(28)25-16-9-10-18-22(13-16)33-24(29)26(18)2/h3-13,21H,14H2,1-2H3,(H,25,28)/t21-/m0/s1. The van der Waals surface area contributed by atoms with Crippen LogP contribution in [0.25, 0.3) is 10.2 Å². The Hall–Kier alpha value is -3.63. The number of aromatic nitrogens is 1. The first-order valence-electron chi connectivity index (χ1n) is 10.5. The van der Waals surface area contributed by atoms with Crippen molar-refractivity contribution in [2.45, 2.75) is 17.9 Å². The van der Waals surface area contributed by atoms with Gasteiger partial charge in [-0.2, -0.15) is 0 Å². The van der Waals surface area contributed by atoms with Crippen molar-refractivity contribution in [1.82, 2.24) is 4.57 Å². The monoisotopic (exact) mass is 495 g/mol. The Morgan fingerprint density at radius 1 is 1.09 bits per heavy atom. The van der Waals surface area contributed by atoms with Crippen molar-refractivity contribution in [2.24, 2.45) is 7.05 Å². The normalized spacial score (nSPS) is 15.6. The maximum Gasteiger partial charge on any atom is 0.307 e. The van der Waals surface area contributed by atoms with Crippen LogP contribution in [0, 0.1) is 6.92 Å². The lowest BCUT2D eigenvalue weighted by atomic mass is 10.1. The lowest BCUT2D eigenvalue weighted by Crippen LogP contribution is -2.48. The number of carbonyl (C=O) groups excluding carboxylic acids is 1. The first-order valence-corrected chi connectivity index (χ1v) is 12.8. The van der Waals surface area contributed by atoms with E-state index in [4.69, 9.17) is 4.74 Å². The third kappa shape index (κ3) is 3.84. The number of rotatable bonds is 4. The molecule has 4 aromatic rings. The van der Waals surface area contributed by atoms with Crippen molar-refractivity contribution < 1.29 is 17.9 Å². The summed E-state index contributed by atoms with van der Waals surface area (Å²) in [6.45, 7) is 1.68. The van der Waals surface area contributed by atoms with E-state index >= 15 is 0 Å².